The molecule has 8 nitrogen and oxygen atoms in total. The van der Waals surface area contributed by atoms with E-state index in [1.807, 2.05) is 6.92 Å². The summed E-state index contributed by atoms with van der Waals surface area (Å²) in [5.74, 6) is -0.426. The van der Waals surface area contributed by atoms with Gasteiger partial charge in [0, 0.05) is 18.6 Å². The molecule has 0 heterocycles. The van der Waals surface area contributed by atoms with Gasteiger partial charge in [-0.3, -0.25) is 13.9 Å². The number of amides is 2. The van der Waals surface area contributed by atoms with Crippen LogP contribution in [0.2, 0.25) is 15.1 Å². The third kappa shape index (κ3) is 7.60. The molecule has 214 valence electrons. The smallest absolute Gasteiger partial charge is 0.264 e. The van der Waals surface area contributed by atoms with Gasteiger partial charge < -0.3 is 15.0 Å². The molecule has 0 aliphatic rings. The highest BCUT2D eigenvalue weighted by atomic mass is 35.5. The van der Waals surface area contributed by atoms with Crippen LogP contribution in [-0.4, -0.2) is 51.4 Å². The highest BCUT2D eigenvalue weighted by Crippen LogP contribution is 2.28. The first kappa shape index (κ1) is 31.5. The van der Waals surface area contributed by atoms with Gasteiger partial charge >= 0.3 is 0 Å². The van der Waals surface area contributed by atoms with Gasteiger partial charge in [0.15, 0.2) is 0 Å². The number of carbonyl (C=O) groups excluding carboxylic acids is 2. The zero-order valence-electron chi connectivity index (χ0n) is 22.2. The molecule has 3 aromatic carbocycles. The number of likely N-dealkylation sites (N-methyl/N-ethyl adjacent to an activating group) is 1. The van der Waals surface area contributed by atoms with E-state index in [1.165, 1.54) is 36.2 Å². The molecule has 3 rings (SSSR count). The maximum atomic E-state index is 13.9. The molecule has 40 heavy (non-hydrogen) atoms. The Hall–Kier alpha value is -2.98. The maximum absolute atomic E-state index is 13.9. The summed E-state index contributed by atoms with van der Waals surface area (Å²) in [5, 5.41) is 3.59. The quantitative estimate of drug-likeness (QED) is 0.274. The van der Waals surface area contributed by atoms with Gasteiger partial charge in [0.1, 0.15) is 18.3 Å². The van der Waals surface area contributed by atoms with Crippen molar-refractivity contribution in [1.29, 1.82) is 0 Å². The summed E-state index contributed by atoms with van der Waals surface area (Å²) in [6, 6.07) is 16.1. The predicted molar refractivity (Wildman–Crippen MR) is 159 cm³/mol. The number of nitrogens with one attached hydrogen (secondary N) is 1. The second kappa shape index (κ2) is 14.1. The largest absolute Gasteiger partial charge is 0.494 e. The Morgan fingerprint density at radius 1 is 0.925 bits per heavy atom. The summed E-state index contributed by atoms with van der Waals surface area (Å²) in [6.45, 7) is 3.46. The van der Waals surface area contributed by atoms with Gasteiger partial charge in [-0.2, -0.15) is 0 Å². The Balaban J connectivity index is 2.06. The van der Waals surface area contributed by atoms with Crippen LogP contribution in [0.25, 0.3) is 0 Å². The second-order valence-electron chi connectivity index (χ2n) is 8.70. The first-order valence-corrected chi connectivity index (χ1v) is 15.0. The first-order valence-electron chi connectivity index (χ1n) is 12.5. The van der Waals surface area contributed by atoms with Gasteiger partial charge in [-0.15, -0.1) is 0 Å². The third-order valence-electron chi connectivity index (χ3n) is 6.09. The fourth-order valence-corrected chi connectivity index (χ4v) is 5.92. The second-order valence-corrected chi connectivity index (χ2v) is 11.8. The van der Waals surface area contributed by atoms with Crippen LogP contribution in [0.4, 0.5) is 5.69 Å². The molecule has 1 N–H and O–H groups in total. The van der Waals surface area contributed by atoms with Crippen molar-refractivity contribution < 1.29 is 22.7 Å². The lowest BCUT2D eigenvalue weighted by molar-refractivity contribution is -0.140. The van der Waals surface area contributed by atoms with E-state index in [1.54, 1.807) is 49.4 Å². The van der Waals surface area contributed by atoms with Crippen LogP contribution < -0.4 is 14.4 Å². The predicted octanol–water partition coefficient (Wildman–Crippen LogP) is 5.79. The Morgan fingerprint density at radius 2 is 1.57 bits per heavy atom. The fraction of sp³-hybridized carbons (Fsp3) is 0.286. The van der Waals surface area contributed by atoms with Crippen molar-refractivity contribution in [1.82, 2.24) is 10.2 Å². The van der Waals surface area contributed by atoms with Crippen molar-refractivity contribution in [2.24, 2.45) is 0 Å². The molecule has 1 atom stereocenters. The topological polar surface area (TPSA) is 96.0 Å². The molecule has 0 saturated heterocycles. The average Bonchev–Trinajstić information content (AvgIpc) is 2.94. The summed E-state index contributed by atoms with van der Waals surface area (Å²) >= 11 is 18.2. The Morgan fingerprint density at radius 3 is 2.12 bits per heavy atom. The summed E-state index contributed by atoms with van der Waals surface area (Å²) < 4.78 is 34.2. The number of sulfonamides is 1. The molecule has 12 heteroatoms. The van der Waals surface area contributed by atoms with Gasteiger partial charge in [-0.25, -0.2) is 8.42 Å². The van der Waals surface area contributed by atoms with E-state index >= 15 is 0 Å². The molecule has 0 unspecified atom stereocenters. The Bertz CT molecular complexity index is 1430. The normalized spacial score (nSPS) is 11.9. The number of benzene rings is 3. The van der Waals surface area contributed by atoms with Crippen LogP contribution in [0.5, 0.6) is 5.75 Å². The molecule has 0 aromatic heterocycles. The van der Waals surface area contributed by atoms with E-state index in [0.717, 1.165) is 4.31 Å². The number of nitrogens with zero attached hydrogens (tertiary/aromatic N) is 2. The zero-order chi connectivity index (χ0) is 29.4. The van der Waals surface area contributed by atoms with Crippen LogP contribution >= 0.6 is 34.8 Å². The highest BCUT2D eigenvalue weighted by molar-refractivity contribution is 7.92. The van der Waals surface area contributed by atoms with Crippen LogP contribution in [0.3, 0.4) is 0 Å². The lowest BCUT2D eigenvalue weighted by Gasteiger charge is -2.33. The minimum absolute atomic E-state index is 0.000239. The number of anilines is 1. The van der Waals surface area contributed by atoms with Crippen molar-refractivity contribution >= 4 is 62.3 Å². The molecule has 0 bridgehead atoms. The number of rotatable bonds is 12. The maximum Gasteiger partial charge on any atom is 0.264 e. The summed E-state index contributed by atoms with van der Waals surface area (Å²) in [5.41, 5.74) is 0.868. The zero-order valence-corrected chi connectivity index (χ0v) is 25.3. The molecule has 2 amide bonds. The van der Waals surface area contributed by atoms with Gasteiger partial charge in [-0.05, 0) is 79.6 Å². The third-order valence-corrected chi connectivity index (χ3v) is 8.86. The first-order chi connectivity index (χ1) is 19.0. The monoisotopic (exact) mass is 625 g/mol. The molecule has 0 spiro atoms. The molecule has 3 aromatic rings. The molecule has 0 saturated carbocycles. The van der Waals surface area contributed by atoms with E-state index in [-0.39, 0.29) is 23.0 Å². The number of ether oxygens (including phenoxy) is 1. The minimum atomic E-state index is -4.22. The summed E-state index contributed by atoms with van der Waals surface area (Å²) in [4.78, 5) is 28.0. The van der Waals surface area contributed by atoms with E-state index in [0.29, 0.717) is 39.4 Å². The summed E-state index contributed by atoms with van der Waals surface area (Å²) in [6.07, 6.45) is 0.291. The highest BCUT2D eigenvalue weighted by Gasteiger charge is 2.33. The molecule has 0 fully saturated rings. The Kier molecular flexibility index (Phi) is 11.1. The van der Waals surface area contributed by atoms with Gasteiger partial charge in [0.2, 0.25) is 11.8 Å². The van der Waals surface area contributed by atoms with Crippen molar-refractivity contribution in [3.8, 4) is 5.75 Å². The number of halogens is 3. The molecule has 0 radical (unpaired) electrons. The van der Waals surface area contributed by atoms with Gasteiger partial charge in [0.05, 0.1) is 27.2 Å². The average molecular weight is 627 g/mol. The van der Waals surface area contributed by atoms with E-state index in [4.69, 9.17) is 39.5 Å². The molecule has 0 aliphatic heterocycles. The SMILES string of the molecule is CCOc1ccc(N(CC(=O)N(Cc2ccc(Cl)c(Cl)c2)[C@@H](CC)C(=O)NC)S(=O)(=O)c2ccc(Cl)cc2)cc1. The van der Waals surface area contributed by atoms with Crippen molar-refractivity contribution in [2.75, 3.05) is 24.5 Å². The number of hydrogen-bond acceptors (Lipinski definition) is 5. The van der Waals surface area contributed by atoms with E-state index in [9.17, 15) is 18.0 Å². The molecular formula is C28H30Cl3N3O5S. The van der Waals surface area contributed by atoms with Crippen LogP contribution in [0.15, 0.2) is 71.6 Å². The lowest BCUT2D eigenvalue weighted by Crippen LogP contribution is -2.51. The number of hydrogen-bond donors (Lipinski definition) is 1. The minimum Gasteiger partial charge on any atom is -0.494 e. The van der Waals surface area contributed by atoms with Crippen molar-refractivity contribution in [2.45, 2.75) is 37.8 Å². The van der Waals surface area contributed by atoms with E-state index < -0.39 is 28.5 Å². The summed E-state index contributed by atoms with van der Waals surface area (Å²) in [7, 11) is -2.74. The van der Waals surface area contributed by atoms with Crippen LogP contribution in [-0.2, 0) is 26.2 Å². The fourth-order valence-electron chi connectivity index (χ4n) is 4.06. The molecule has 0 aliphatic carbocycles. The molecular weight excluding hydrogens is 597 g/mol. The van der Waals surface area contributed by atoms with Crippen LogP contribution in [0.1, 0.15) is 25.8 Å². The van der Waals surface area contributed by atoms with Gasteiger partial charge in [-0.1, -0.05) is 47.8 Å². The lowest BCUT2D eigenvalue weighted by atomic mass is 10.1. The van der Waals surface area contributed by atoms with Crippen molar-refractivity contribution in [3.63, 3.8) is 0 Å². The van der Waals surface area contributed by atoms with E-state index in [2.05, 4.69) is 5.32 Å². The van der Waals surface area contributed by atoms with Gasteiger partial charge in [0.25, 0.3) is 10.0 Å². The number of carbonyl (C=O) groups is 2. The van der Waals surface area contributed by atoms with Crippen molar-refractivity contribution in [3.05, 3.63) is 87.4 Å². The standard InChI is InChI=1S/C28H30Cl3N3O5S/c1-4-26(28(36)32-3)33(17-19-6-15-24(30)25(31)16-19)27(35)18-34(21-9-11-22(12-10-21)39-5-2)40(37,38)23-13-7-20(29)8-14-23/h6-16,26H,4-5,17-18H2,1-3H3,(H,32,36)/t26-/m0/s1. The van der Waals surface area contributed by atoms with Crippen LogP contribution in [0, 0.1) is 0 Å². The Labute approximate surface area is 249 Å².